The molecular formula is C13H15NO2S. The van der Waals surface area contributed by atoms with Gasteiger partial charge in [0.2, 0.25) is 0 Å². The summed E-state index contributed by atoms with van der Waals surface area (Å²) in [6, 6.07) is 7.21. The predicted octanol–water partition coefficient (Wildman–Crippen LogP) is 3.40. The topological polar surface area (TPSA) is 42.4 Å². The Balaban J connectivity index is 2.40. The van der Waals surface area contributed by atoms with Crippen LogP contribution in [0.15, 0.2) is 29.6 Å². The van der Waals surface area contributed by atoms with Gasteiger partial charge in [-0.15, -0.1) is 11.3 Å². The fourth-order valence-corrected chi connectivity index (χ4v) is 2.44. The third-order valence-electron chi connectivity index (χ3n) is 2.77. The lowest BCUT2D eigenvalue weighted by Gasteiger charge is -2.19. The molecule has 0 aliphatic heterocycles. The van der Waals surface area contributed by atoms with Crippen LogP contribution in [0, 0.1) is 0 Å². The Morgan fingerprint density at radius 2 is 2.00 bits per heavy atom. The Labute approximate surface area is 105 Å². The number of phenolic OH excluding ortho intramolecular Hbond substituents is 1. The van der Waals surface area contributed by atoms with Crippen LogP contribution in [0.4, 0.5) is 0 Å². The van der Waals surface area contributed by atoms with Crippen LogP contribution >= 0.6 is 11.3 Å². The van der Waals surface area contributed by atoms with E-state index >= 15 is 0 Å². The molecule has 0 aliphatic rings. The largest absolute Gasteiger partial charge is 0.507 e. The molecule has 0 amide bonds. The molecule has 0 aliphatic carbocycles. The average molecular weight is 249 g/mol. The number of methoxy groups -OCH3 is 1. The highest BCUT2D eigenvalue weighted by atomic mass is 32.1. The van der Waals surface area contributed by atoms with Crippen molar-refractivity contribution in [1.29, 1.82) is 0 Å². The third-order valence-corrected chi connectivity index (χ3v) is 3.64. The number of hydrogen-bond acceptors (Lipinski definition) is 4. The van der Waals surface area contributed by atoms with Crippen molar-refractivity contribution >= 4 is 11.3 Å². The number of para-hydroxylation sites is 1. The standard InChI is InChI=1S/C13H15NO2S/c1-13(2,16-3)11-8-17-12(14-11)9-6-4-5-7-10(9)15/h4-8,15H,1-3H3. The smallest absolute Gasteiger partial charge is 0.127 e. The molecule has 0 unspecified atom stereocenters. The molecule has 3 nitrogen and oxygen atoms in total. The highest BCUT2D eigenvalue weighted by Gasteiger charge is 2.23. The van der Waals surface area contributed by atoms with E-state index in [2.05, 4.69) is 4.98 Å². The fraction of sp³-hybridized carbons (Fsp3) is 0.308. The summed E-state index contributed by atoms with van der Waals surface area (Å²) < 4.78 is 5.38. The van der Waals surface area contributed by atoms with Gasteiger partial charge in [0.05, 0.1) is 11.3 Å². The van der Waals surface area contributed by atoms with Crippen molar-refractivity contribution in [2.75, 3.05) is 7.11 Å². The van der Waals surface area contributed by atoms with Crippen molar-refractivity contribution in [1.82, 2.24) is 4.98 Å². The Morgan fingerprint density at radius 1 is 1.29 bits per heavy atom. The summed E-state index contributed by atoms with van der Waals surface area (Å²) >= 11 is 1.51. The van der Waals surface area contributed by atoms with E-state index in [0.717, 1.165) is 16.3 Å². The summed E-state index contributed by atoms with van der Waals surface area (Å²) in [6.07, 6.45) is 0. The first-order valence-electron chi connectivity index (χ1n) is 5.34. The molecule has 0 fully saturated rings. The van der Waals surface area contributed by atoms with Gasteiger partial charge in [-0.2, -0.15) is 0 Å². The second kappa shape index (κ2) is 4.47. The molecule has 2 aromatic rings. The van der Waals surface area contributed by atoms with Gasteiger partial charge in [0, 0.05) is 12.5 Å². The first kappa shape index (κ1) is 12.1. The molecule has 0 atom stereocenters. The second-order valence-electron chi connectivity index (χ2n) is 4.27. The second-order valence-corrected chi connectivity index (χ2v) is 5.13. The maximum atomic E-state index is 9.77. The van der Waals surface area contributed by atoms with Gasteiger partial charge in [-0.05, 0) is 26.0 Å². The van der Waals surface area contributed by atoms with Crippen LogP contribution in [-0.4, -0.2) is 17.2 Å². The maximum Gasteiger partial charge on any atom is 0.127 e. The van der Waals surface area contributed by atoms with Gasteiger partial charge >= 0.3 is 0 Å². The number of rotatable bonds is 3. The van der Waals surface area contributed by atoms with Gasteiger partial charge in [0.1, 0.15) is 16.4 Å². The van der Waals surface area contributed by atoms with Crippen molar-refractivity contribution in [2.24, 2.45) is 0 Å². The van der Waals surface area contributed by atoms with E-state index in [1.807, 2.05) is 31.4 Å². The summed E-state index contributed by atoms with van der Waals surface area (Å²) in [5.74, 6) is 0.253. The SMILES string of the molecule is COC(C)(C)c1csc(-c2ccccc2O)n1. The van der Waals surface area contributed by atoms with E-state index in [1.54, 1.807) is 19.2 Å². The molecule has 17 heavy (non-hydrogen) atoms. The number of nitrogens with zero attached hydrogens (tertiary/aromatic N) is 1. The maximum absolute atomic E-state index is 9.77. The van der Waals surface area contributed by atoms with Gasteiger partial charge < -0.3 is 9.84 Å². The number of ether oxygens (including phenoxy) is 1. The highest BCUT2D eigenvalue weighted by Crippen LogP contribution is 2.34. The summed E-state index contributed by atoms with van der Waals surface area (Å²) in [5, 5.41) is 12.5. The van der Waals surface area contributed by atoms with Gasteiger partial charge in [-0.1, -0.05) is 12.1 Å². The van der Waals surface area contributed by atoms with Crippen LogP contribution in [0.5, 0.6) is 5.75 Å². The zero-order valence-electron chi connectivity index (χ0n) is 10.1. The Morgan fingerprint density at radius 3 is 2.65 bits per heavy atom. The highest BCUT2D eigenvalue weighted by molar-refractivity contribution is 7.13. The summed E-state index contributed by atoms with van der Waals surface area (Å²) in [4.78, 5) is 4.52. The lowest BCUT2D eigenvalue weighted by Crippen LogP contribution is -2.19. The van der Waals surface area contributed by atoms with Crippen molar-refractivity contribution in [3.8, 4) is 16.3 Å². The first-order valence-corrected chi connectivity index (χ1v) is 6.22. The lowest BCUT2D eigenvalue weighted by molar-refractivity contribution is 0.0161. The molecule has 4 heteroatoms. The Kier molecular flexibility index (Phi) is 3.17. The van der Waals surface area contributed by atoms with Gasteiger partial charge in [-0.3, -0.25) is 0 Å². The number of hydrogen-bond donors (Lipinski definition) is 1. The van der Waals surface area contributed by atoms with Crippen LogP contribution in [-0.2, 0) is 10.3 Å². The summed E-state index contributed by atoms with van der Waals surface area (Å²) in [6.45, 7) is 3.94. The molecule has 0 spiro atoms. The summed E-state index contributed by atoms with van der Waals surface area (Å²) in [5.41, 5.74) is 1.23. The number of aromatic hydroxyl groups is 1. The molecule has 0 radical (unpaired) electrons. The van der Waals surface area contributed by atoms with E-state index in [4.69, 9.17) is 4.74 Å². The molecule has 90 valence electrons. The van der Waals surface area contributed by atoms with Crippen molar-refractivity contribution < 1.29 is 9.84 Å². The zero-order chi connectivity index (χ0) is 12.5. The molecule has 1 heterocycles. The normalized spacial score (nSPS) is 11.7. The minimum absolute atomic E-state index is 0.253. The van der Waals surface area contributed by atoms with Crippen LogP contribution < -0.4 is 0 Å². The minimum atomic E-state index is -0.404. The Bertz CT molecular complexity index is 520. The van der Waals surface area contributed by atoms with E-state index in [-0.39, 0.29) is 5.75 Å². The zero-order valence-corrected chi connectivity index (χ0v) is 10.9. The van der Waals surface area contributed by atoms with Crippen LogP contribution in [0.25, 0.3) is 10.6 Å². The molecule has 1 aromatic heterocycles. The summed E-state index contributed by atoms with van der Waals surface area (Å²) in [7, 11) is 1.67. The molecule has 1 N–H and O–H groups in total. The lowest BCUT2D eigenvalue weighted by atomic mass is 10.1. The van der Waals surface area contributed by atoms with Crippen LogP contribution in [0.1, 0.15) is 19.5 Å². The van der Waals surface area contributed by atoms with Crippen molar-refractivity contribution in [2.45, 2.75) is 19.4 Å². The quantitative estimate of drug-likeness (QED) is 0.906. The van der Waals surface area contributed by atoms with Gasteiger partial charge in [0.25, 0.3) is 0 Å². The molecule has 0 saturated heterocycles. The van der Waals surface area contributed by atoms with E-state index in [9.17, 15) is 5.11 Å². The van der Waals surface area contributed by atoms with Gasteiger partial charge in [-0.25, -0.2) is 4.98 Å². The predicted molar refractivity (Wildman–Crippen MR) is 69.2 cm³/mol. The van der Waals surface area contributed by atoms with Crippen molar-refractivity contribution in [3.05, 3.63) is 35.3 Å². The number of thiazole rings is 1. The van der Waals surface area contributed by atoms with Crippen molar-refractivity contribution in [3.63, 3.8) is 0 Å². The van der Waals surface area contributed by atoms with E-state index in [0.29, 0.717) is 0 Å². The number of phenols is 1. The molecule has 2 rings (SSSR count). The number of benzene rings is 1. The minimum Gasteiger partial charge on any atom is -0.507 e. The van der Waals surface area contributed by atoms with Gasteiger partial charge in [0.15, 0.2) is 0 Å². The average Bonchev–Trinajstić information content (AvgIpc) is 2.79. The van der Waals surface area contributed by atoms with E-state index in [1.165, 1.54) is 11.3 Å². The fourth-order valence-electron chi connectivity index (χ4n) is 1.43. The first-order chi connectivity index (χ1) is 8.04. The van der Waals surface area contributed by atoms with Crippen LogP contribution in [0.3, 0.4) is 0 Å². The van der Waals surface area contributed by atoms with Crippen LogP contribution in [0.2, 0.25) is 0 Å². The number of aromatic nitrogens is 1. The third kappa shape index (κ3) is 2.33. The monoisotopic (exact) mass is 249 g/mol. The molecular weight excluding hydrogens is 234 g/mol. The Hall–Kier alpha value is -1.39. The van der Waals surface area contributed by atoms with E-state index < -0.39 is 5.60 Å². The molecule has 0 saturated carbocycles. The molecule has 0 bridgehead atoms. The molecule has 1 aromatic carbocycles.